The van der Waals surface area contributed by atoms with E-state index in [9.17, 15) is 0 Å². The molecule has 26 heavy (non-hydrogen) atoms. The first-order chi connectivity index (χ1) is 12.7. The first-order valence-electron chi connectivity index (χ1n) is 8.70. The van der Waals surface area contributed by atoms with Crippen LogP contribution in [0.5, 0.6) is 0 Å². The van der Waals surface area contributed by atoms with Gasteiger partial charge < -0.3 is 0 Å². The first-order valence-corrected chi connectivity index (χ1v) is 8.70. The minimum absolute atomic E-state index is 0.973. The molecule has 0 atom stereocenters. The maximum absolute atomic E-state index is 3.83. The van der Waals surface area contributed by atoms with E-state index in [0.29, 0.717) is 0 Å². The summed E-state index contributed by atoms with van der Waals surface area (Å²) in [6.45, 7) is 13.1. The number of hydrogen-bond acceptors (Lipinski definition) is 0. The molecule has 0 nitrogen and oxygen atoms in total. The molecule has 0 aromatic heterocycles. The Bertz CT molecular complexity index is 753. The van der Waals surface area contributed by atoms with Gasteiger partial charge in [-0.25, -0.2) is 0 Å². The molecule has 0 saturated carbocycles. The third-order valence-electron chi connectivity index (χ3n) is 3.52. The van der Waals surface area contributed by atoms with Crippen LogP contribution in [-0.4, -0.2) is 0 Å². The summed E-state index contributed by atoms with van der Waals surface area (Å²) in [5, 5.41) is 0. The molecule has 3 rings (SSSR count). The largest absolute Gasteiger partial charge is 0.103 e. The van der Waals surface area contributed by atoms with Crippen LogP contribution in [0.1, 0.15) is 23.6 Å². The fraction of sp³-hybridized carbons (Fsp3) is 0.0769. The Hall–Kier alpha value is -3.12. The number of hydrogen-bond donors (Lipinski definition) is 0. The molecule has 0 aliphatic rings. The lowest BCUT2D eigenvalue weighted by molar-refractivity contribution is 1.28. The van der Waals surface area contributed by atoms with Crippen LogP contribution in [0.3, 0.4) is 0 Å². The second-order valence-electron chi connectivity index (χ2n) is 5.74. The smallest absolute Gasteiger partial charge is 0.0100 e. The monoisotopic (exact) mass is 340 g/mol. The summed E-state index contributed by atoms with van der Waals surface area (Å²) in [6, 6.07) is 30.5. The van der Waals surface area contributed by atoms with Crippen molar-refractivity contribution in [2.45, 2.75) is 13.3 Å². The molecule has 132 valence electrons. The Morgan fingerprint density at radius 1 is 0.731 bits per heavy atom. The van der Waals surface area contributed by atoms with Crippen molar-refractivity contribution < 1.29 is 0 Å². The van der Waals surface area contributed by atoms with E-state index < -0.39 is 0 Å². The van der Waals surface area contributed by atoms with Gasteiger partial charge in [0.15, 0.2) is 0 Å². The summed E-state index contributed by atoms with van der Waals surface area (Å²) >= 11 is 0. The lowest BCUT2D eigenvalue weighted by Crippen LogP contribution is -1.75. The molecular weight excluding hydrogens is 312 g/mol. The fourth-order valence-corrected chi connectivity index (χ4v) is 2.09. The van der Waals surface area contributed by atoms with E-state index in [2.05, 4.69) is 44.0 Å². The van der Waals surface area contributed by atoms with Gasteiger partial charge in [-0.3, -0.25) is 0 Å². The summed E-state index contributed by atoms with van der Waals surface area (Å²) in [4.78, 5) is 0. The van der Waals surface area contributed by atoms with Crippen LogP contribution >= 0.6 is 0 Å². The van der Waals surface area contributed by atoms with E-state index in [4.69, 9.17) is 0 Å². The quantitative estimate of drug-likeness (QED) is 0.432. The highest BCUT2D eigenvalue weighted by Gasteiger charge is 1.86. The Labute approximate surface area is 158 Å². The second-order valence-corrected chi connectivity index (χ2v) is 5.74. The average molecular weight is 341 g/mol. The van der Waals surface area contributed by atoms with Crippen molar-refractivity contribution in [2.75, 3.05) is 0 Å². The Kier molecular flexibility index (Phi) is 10.6. The van der Waals surface area contributed by atoms with Gasteiger partial charge in [0.2, 0.25) is 0 Å². The highest BCUT2D eigenvalue weighted by molar-refractivity contribution is 5.60. The molecular formula is C26H28. The van der Waals surface area contributed by atoms with Gasteiger partial charge in [-0.05, 0) is 30.0 Å². The number of rotatable bonds is 4. The number of allylic oxidation sites excluding steroid dienone is 2. The summed E-state index contributed by atoms with van der Waals surface area (Å²) < 4.78 is 0. The third-order valence-corrected chi connectivity index (χ3v) is 3.52. The zero-order valence-electron chi connectivity index (χ0n) is 15.6. The Morgan fingerprint density at radius 3 is 1.54 bits per heavy atom. The Balaban J connectivity index is 0.000000195. The standard InChI is InChI=1S/2C9H10.C8H8/c1-8(2)9-6-4-3-5-7-9;1-2-6-9-7-4-3-5-8-9;1-2-8-6-4-3-5-7-8/h3-7H,1H2,2H3;2-5,7-8H,1,6H2;2-7H,1H2. The van der Waals surface area contributed by atoms with Crippen LogP contribution in [0.4, 0.5) is 0 Å². The van der Waals surface area contributed by atoms with Gasteiger partial charge in [-0.2, -0.15) is 0 Å². The Morgan fingerprint density at radius 2 is 1.19 bits per heavy atom. The molecule has 3 aromatic carbocycles. The minimum atomic E-state index is 0.973. The molecule has 0 heteroatoms. The van der Waals surface area contributed by atoms with Crippen molar-refractivity contribution in [3.05, 3.63) is 133 Å². The van der Waals surface area contributed by atoms with Gasteiger partial charge in [0, 0.05) is 0 Å². The van der Waals surface area contributed by atoms with Crippen LogP contribution in [0.15, 0.2) is 117 Å². The van der Waals surface area contributed by atoms with Gasteiger partial charge in [0.25, 0.3) is 0 Å². The van der Waals surface area contributed by atoms with Gasteiger partial charge in [-0.1, -0.05) is 122 Å². The van der Waals surface area contributed by atoms with Gasteiger partial charge in [0.1, 0.15) is 0 Å². The van der Waals surface area contributed by atoms with Crippen molar-refractivity contribution in [3.8, 4) is 0 Å². The first kappa shape index (κ1) is 20.9. The summed E-state index contributed by atoms with van der Waals surface area (Å²) in [5.41, 5.74) is 4.84. The van der Waals surface area contributed by atoms with Crippen molar-refractivity contribution in [1.29, 1.82) is 0 Å². The molecule has 0 bridgehead atoms. The highest BCUT2D eigenvalue weighted by Crippen LogP contribution is 2.08. The summed E-state index contributed by atoms with van der Waals surface area (Å²) in [6.07, 6.45) is 4.72. The average Bonchev–Trinajstić information content (AvgIpc) is 2.71. The molecule has 0 aliphatic carbocycles. The molecule has 0 fully saturated rings. The van der Waals surface area contributed by atoms with Crippen molar-refractivity contribution in [2.24, 2.45) is 0 Å². The van der Waals surface area contributed by atoms with Crippen LogP contribution in [0.2, 0.25) is 0 Å². The zero-order chi connectivity index (χ0) is 19.0. The lowest BCUT2D eigenvalue weighted by Gasteiger charge is -1.94. The fourth-order valence-electron chi connectivity index (χ4n) is 2.09. The van der Waals surface area contributed by atoms with Crippen molar-refractivity contribution in [3.63, 3.8) is 0 Å². The van der Waals surface area contributed by atoms with E-state index >= 15 is 0 Å². The van der Waals surface area contributed by atoms with Crippen LogP contribution in [0.25, 0.3) is 11.6 Å². The van der Waals surface area contributed by atoms with Crippen LogP contribution in [0, 0.1) is 0 Å². The molecule has 0 spiro atoms. The molecule has 0 N–H and O–H groups in total. The predicted molar refractivity (Wildman–Crippen MR) is 118 cm³/mol. The molecule has 0 aliphatic heterocycles. The van der Waals surface area contributed by atoms with E-state index in [1.165, 1.54) is 16.7 Å². The van der Waals surface area contributed by atoms with Gasteiger partial charge in [-0.15, -0.1) is 6.58 Å². The molecule has 3 aromatic rings. The number of benzene rings is 3. The summed E-state index contributed by atoms with van der Waals surface area (Å²) in [7, 11) is 0. The third kappa shape index (κ3) is 9.24. The van der Waals surface area contributed by atoms with E-state index in [1.54, 1.807) is 0 Å². The SMILES string of the molecule is C=C(C)c1ccccc1.C=CCc1ccccc1.C=Cc1ccccc1. The van der Waals surface area contributed by atoms with Crippen molar-refractivity contribution in [1.82, 2.24) is 0 Å². The van der Waals surface area contributed by atoms with Gasteiger partial charge in [0.05, 0.1) is 0 Å². The molecule has 0 heterocycles. The second kappa shape index (κ2) is 13.2. The van der Waals surface area contributed by atoms with Crippen LogP contribution in [-0.2, 0) is 6.42 Å². The normalized spacial score (nSPS) is 8.81. The lowest BCUT2D eigenvalue weighted by atomic mass is 10.1. The molecule has 0 amide bonds. The maximum Gasteiger partial charge on any atom is -0.0100 e. The predicted octanol–water partition coefficient (Wildman–Crippen LogP) is 7.46. The minimum Gasteiger partial charge on any atom is -0.103 e. The molecule has 0 radical (unpaired) electrons. The molecule has 0 saturated heterocycles. The van der Waals surface area contributed by atoms with E-state index in [1.807, 2.05) is 85.8 Å². The maximum atomic E-state index is 3.83. The highest BCUT2D eigenvalue weighted by atomic mass is 13.9. The summed E-state index contributed by atoms with van der Waals surface area (Å²) in [5.74, 6) is 0. The van der Waals surface area contributed by atoms with Gasteiger partial charge >= 0.3 is 0 Å². The van der Waals surface area contributed by atoms with E-state index in [-0.39, 0.29) is 0 Å². The van der Waals surface area contributed by atoms with Crippen LogP contribution < -0.4 is 0 Å². The van der Waals surface area contributed by atoms with Crippen molar-refractivity contribution >= 4 is 11.6 Å². The molecule has 0 unspecified atom stereocenters. The van der Waals surface area contributed by atoms with E-state index in [0.717, 1.165) is 12.0 Å². The zero-order valence-corrected chi connectivity index (χ0v) is 15.6. The topological polar surface area (TPSA) is 0 Å².